The van der Waals surface area contributed by atoms with Crippen molar-refractivity contribution in [3.05, 3.63) is 34.7 Å². The third-order valence-corrected chi connectivity index (χ3v) is 5.84. The number of carbonyl (C=O) groups is 1. The first-order valence-electron chi connectivity index (χ1n) is 9.25. The van der Waals surface area contributed by atoms with Crippen LogP contribution in [0.2, 0.25) is 0 Å². The molecule has 142 valence electrons. The third kappa shape index (κ3) is 3.96. The van der Waals surface area contributed by atoms with Crippen LogP contribution in [0.5, 0.6) is 0 Å². The zero-order chi connectivity index (χ0) is 18.8. The van der Waals surface area contributed by atoms with Gasteiger partial charge in [0, 0.05) is 24.4 Å². The van der Waals surface area contributed by atoms with Crippen LogP contribution in [0.3, 0.4) is 0 Å². The summed E-state index contributed by atoms with van der Waals surface area (Å²) in [4.78, 5) is 17.4. The van der Waals surface area contributed by atoms with Crippen LogP contribution in [0.25, 0.3) is 16.8 Å². The Labute approximate surface area is 161 Å². The second-order valence-corrected chi connectivity index (χ2v) is 7.70. The number of aromatic nitrogens is 3. The average Bonchev–Trinajstić information content (AvgIpc) is 3.28. The average molecular weight is 385 g/mol. The number of anilines is 1. The van der Waals surface area contributed by atoms with E-state index in [1.807, 2.05) is 36.7 Å². The van der Waals surface area contributed by atoms with Crippen LogP contribution < -0.4 is 11.1 Å². The highest BCUT2D eigenvalue weighted by molar-refractivity contribution is 7.12. The summed E-state index contributed by atoms with van der Waals surface area (Å²) in [6.45, 7) is 2.78. The molecule has 0 bridgehead atoms. The molecule has 0 saturated heterocycles. The van der Waals surface area contributed by atoms with Crippen LogP contribution >= 0.6 is 11.3 Å². The maximum atomic E-state index is 12.6. The molecule has 0 aliphatic heterocycles. The number of hydrogen-bond donors (Lipinski definition) is 2. The van der Waals surface area contributed by atoms with Gasteiger partial charge in [0.15, 0.2) is 5.65 Å². The molecule has 7 nitrogen and oxygen atoms in total. The van der Waals surface area contributed by atoms with Crippen molar-refractivity contribution in [1.82, 2.24) is 19.9 Å². The molecule has 1 saturated carbocycles. The van der Waals surface area contributed by atoms with Gasteiger partial charge in [-0.05, 0) is 61.7 Å². The summed E-state index contributed by atoms with van der Waals surface area (Å²) in [5.41, 5.74) is 8.30. The summed E-state index contributed by atoms with van der Waals surface area (Å²) in [5.74, 6) is 0.244. The van der Waals surface area contributed by atoms with Gasteiger partial charge in [-0.1, -0.05) is 0 Å². The maximum absolute atomic E-state index is 12.6. The lowest BCUT2D eigenvalue weighted by Gasteiger charge is -2.28. The SMILES string of the molecule is CCOC1CCC(NC(=O)c2cc(-c3ccc4nc(N)nn4c3)cs2)CC1. The summed E-state index contributed by atoms with van der Waals surface area (Å²) in [6.07, 6.45) is 6.18. The van der Waals surface area contributed by atoms with Crippen molar-refractivity contribution in [2.45, 2.75) is 44.8 Å². The monoisotopic (exact) mass is 385 g/mol. The van der Waals surface area contributed by atoms with E-state index in [-0.39, 0.29) is 17.9 Å². The summed E-state index contributed by atoms with van der Waals surface area (Å²) in [6, 6.07) is 5.98. The van der Waals surface area contributed by atoms with Crippen LogP contribution in [0.4, 0.5) is 5.95 Å². The predicted molar refractivity (Wildman–Crippen MR) is 106 cm³/mol. The van der Waals surface area contributed by atoms with Gasteiger partial charge in [0.2, 0.25) is 5.95 Å². The van der Waals surface area contributed by atoms with E-state index < -0.39 is 0 Å². The molecule has 8 heteroatoms. The lowest BCUT2D eigenvalue weighted by Crippen LogP contribution is -2.38. The lowest BCUT2D eigenvalue weighted by molar-refractivity contribution is 0.0300. The number of nitrogen functional groups attached to an aromatic ring is 1. The lowest BCUT2D eigenvalue weighted by atomic mass is 9.93. The standard InChI is InChI=1S/C19H23N5O2S/c1-2-26-15-6-4-14(5-7-15)21-18(25)16-9-13(11-27-16)12-3-8-17-22-19(20)23-24(17)10-12/h3,8-11,14-15H,2,4-7H2,1H3,(H2,20,23)(H,21,25). The van der Waals surface area contributed by atoms with Crippen LogP contribution in [-0.4, -0.2) is 39.3 Å². The van der Waals surface area contributed by atoms with Crippen LogP contribution in [0.1, 0.15) is 42.3 Å². The largest absolute Gasteiger partial charge is 0.379 e. The fourth-order valence-electron chi connectivity index (χ4n) is 3.54. The number of amides is 1. The van der Waals surface area contributed by atoms with E-state index in [9.17, 15) is 4.79 Å². The van der Waals surface area contributed by atoms with E-state index in [1.165, 1.54) is 11.3 Å². The summed E-state index contributed by atoms with van der Waals surface area (Å²) in [7, 11) is 0. The Morgan fingerprint density at radius 2 is 2.15 bits per heavy atom. The quantitative estimate of drug-likeness (QED) is 0.704. The van der Waals surface area contributed by atoms with Crippen molar-refractivity contribution in [1.29, 1.82) is 0 Å². The number of hydrogen-bond acceptors (Lipinski definition) is 6. The van der Waals surface area contributed by atoms with Crippen molar-refractivity contribution < 1.29 is 9.53 Å². The second-order valence-electron chi connectivity index (χ2n) is 6.79. The highest BCUT2D eigenvalue weighted by Crippen LogP contribution is 2.27. The Balaban J connectivity index is 1.41. The molecule has 0 aromatic carbocycles. The molecule has 0 radical (unpaired) electrons. The number of nitrogens with zero attached hydrogens (tertiary/aromatic N) is 3. The number of nitrogens with two attached hydrogens (primary N) is 1. The number of fused-ring (bicyclic) bond motifs is 1. The van der Waals surface area contributed by atoms with Gasteiger partial charge in [0.05, 0.1) is 11.0 Å². The molecule has 1 aliphatic carbocycles. The first-order valence-corrected chi connectivity index (χ1v) is 10.1. The maximum Gasteiger partial charge on any atom is 0.261 e. The van der Waals surface area contributed by atoms with Crippen LogP contribution in [0.15, 0.2) is 29.8 Å². The Hall–Kier alpha value is -2.45. The Bertz CT molecular complexity index is 943. The minimum absolute atomic E-state index is 0.00260. The fraction of sp³-hybridized carbons (Fsp3) is 0.421. The molecule has 1 aliphatic rings. The van der Waals surface area contributed by atoms with Crippen LogP contribution in [-0.2, 0) is 4.74 Å². The molecule has 1 amide bonds. The van der Waals surface area contributed by atoms with E-state index in [4.69, 9.17) is 10.5 Å². The fourth-order valence-corrected chi connectivity index (χ4v) is 4.36. The van der Waals surface area contributed by atoms with E-state index in [0.29, 0.717) is 11.8 Å². The Kier molecular flexibility index (Phi) is 5.09. The Morgan fingerprint density at radius 1 is 1.33 bits per heavy atom. The smallest absolute Gasteiger partial charge is 0.261 e. The van der Waals surface area contributed by atoms with Gasteiger partial charge in [-0.2, -0.15) is 4.98 Å². The van der Waals surface area contributed by atoms with Crippen molar-refractivity contribution in [2.75, 3.05) is 12.3 Å². The second kappa shape index (κ2) is 7.66. The van der Waals surface area contributed by atoms with Gasteiger partial charge in [-0.25, -0.2) is 4.52 Å². The van der Waals surface area contributed by atoms with E-state index in [2.05, 4.69) is 15.4 Å². The molecule has 0 spiro atoms. The molecular formula is C19H23N5O2S. The third-order valence-electron chi connectivity index (χ3n) is 4.92. The number of carbonyl (C=O) groups excluding carboxylic acids is 1. The molecule has 3 aromatic heterocycles. The minimum Gasteiger partial charge on any atom is -0.379 e. The van der Waals surface area contributed by atoms with E-state index >= 15 is 0 Å². The molecule has 4 rings (SSSR count). The molecule has 27 heavy (non-hydrogen) atoms. The van der Waals surface area contributed by atoms with Gasteiger partial charge >= 0.3 is 0 Å². The summed E-state index contributed by atoms with van der Waals surface area (Å²) in [5, 5.41) is 9.29. The number of pyridine rings is 1. The van der Waals surface area contributed by atoms with E-state index in [0.717, 1.165) is 48.3 Å². The summed E-state index contributed by atoms with van der Waals surface area (Å²) < 4.78 is 7.33. The highest BCUT2D eigenvalue weighted by atomic mass is 32.1. The van der Waals surface area contributed by atoms with Gasteiger partial charge in [-0.3, -0.25) is 4.79 Å². The van der Waals surface area contributed by atoms with Crippen LogP contribution in [0, 0.1) is 0 Å². The van der Waals surface area contributed by atoms with Gasteiger partial charge in [0.25, 0.3) is 5.91 Å². The number of ether oxygens (including phenoxy) is 1. The van der Waals surface area contributed by atoms with Crippen molar-refractivity contribution in [3.8, 4) is 11.1 Å². The molecule has 1 fully saturated rings. The molecular weight excluding hydrogens is 362 g/mol. The van der Waals surface area contributed by atoms with Gasteiger partial charge in [0.1, 0.15) is 0 Å². The molecule has 3 aromatic rings. The number of thiophene rings is 1. The minimum atomic E-state index is -0.00260. The van der Waals surface area contributed by atoms with Crippen molar-refractivity contribution in [3.63, 3.8) is 0 Å². The molecule has 0 atom stereocenters. The normalized spacial score (nSPS) is 20.0. The number of nitrogens with one attached hydrogen (secondary N) is 1. The predicted octanol–water partition coefficient (Wildman–Crippen LogP) is 3.12. The summed E-state index contributed by atoms with van der Waals surface area (Å²) >= 11 is 1.45. The van der Waals surface area contributed by atoms with Gasteiger partial charge in [-0.15, -0.1) is 16.4 Å². The zero-order valence-electron chi connectivity index (χ0n) is 15.2. The molecule has 0 unspecified atom stereocenters. The Morgan fingerprint density at radius 3 is 2.93 bits per heavy atom. The van der Waals surface area contributed by atoms with E-state index in [1.54, 1.807) is 4.52 Å². The number of rotatable bonds is 5. The molecule has 3 N–H and O–H groups in total. The highest BCUT2D eigenvalue weighted by Gasteiger charge is 2.23. The topological polar surface area (TPSA) is 94.5 Å². The van der Waals surface area contributed by atoms with Crippen molar-refractivity contribution in [2.24, 2.45) is 0 Å². The van der Waals surface area contributed by atoms with Crippen molar-refractivity contribution >= 4 is 28.8 Å². The zero-order valence-corrected chi connectivity index (χ0v) is 16.0. The molecule has 3 heterocycles. The first kappa shape index (κ1) is 17.9. The first-order chi connectivity index (χ1) is 13.1. The van der Waals surface area contributed by atoms with Gasteiger partial charge < -0.3 is 15.8 Å².